The molecule has 1 aliphatic carbocycles. The Morgan fingerprint density at radius 1 is 0.808 bits per heavy atom. The van der Waals surface area contributed by atoms with Crippen molar-refractivity contribution in [3.05, 3.63) is 71.8 Å². The van der Waals surface area contributed by atoms with E-state index in [4.69, 9.17) is 9.47 Å². The first-order chi connectivity index (χ1) is 24.3. The van der Waals surface area contributed by atoms with Crippen molar-refractivity contribution in [3.8, 4) is 5.75 Å². The molecule has 3 aromatic rings. The fourth-order valence-electron chi connectivity index (χ4n) is 7.47. The second-order valence-corrected chi connectivity index (χ2v) is 16.6. The van der Waals surface area contributed by atoms with Gasteiger partial charge in [0.05, 0.1) is 16.6 Å². The smallest absolute Gasteiger partial charge is 0.416 e. The Bertz CT molecular complexity index is 1900. The van der Waals surface area contributed by atoms with E-state index in [1.54, 1.807) is 39.0 Å². The normalized spacial score (nSPS) is 22.0. The number of alkyl halides is 5. The lowest BCUT2D eigenvalue weighted by molar-refractivity contribution is -0.149. The zero-order valence-corrected chi connectivity index (χ0v) is 29.8. The van der Waals surface area contributed by atoms with Gasteiger partial charge in [-0.3, -0.25) is 4.79 Å². The number of carbonyl (C=O) groups is 2. The lowest BCUT2D eigenvalue weighted by atomic mass is 9.94. The number of nitrogens with zero attached hydrogens (tertiary/aromatic N) is 1. The second kappa shape index (κ2) is 14.1. The summed E-state index contributed by atoms with van der Waals surface area (Å²) in [6.07, 6.45) is -0.0439. The van der Waals surface area contributed by atoms with E-state index in [0.29, 0.717) is 53.6 Å². The van der Waals surface area contributed by atoms with Gasteiger partial charge in [-0.25, -0.2) is 13.2 Å². The van der Waals surface area contributed by atoms with Gasteiger partial charge in [-0.2, -0.15) is 26.7 Å². The zero-order chi connectivity index (χ0) is 37.6. The first-order valence-corrected chi connectivity index (χ1v) is 18.9. The minimum absolute atomic E-state index is 0.101. The summed E-state index contributed by atoms with van der Waals surface area (Å²) in [5, 5.41) is 3.91. The number of piperidine rings is 1. The van der Waals surface area contributed by atoms with Crippen molar-refractivity contribution in [2.45, 2.75) is 125 Å². The average molecular weight is 752 g/mol. The summed E-state index contributed by atoms with van der Waals surface area (Å²) in [6.45, 7) is 5.11. The Balaban J connectivity index is 1.28. The lowest BCUT2D eigenvalue weighted by Gasteiger charge is -2.42. The van der Waals surface area contributed by atoms with E-state index in [0.717, 1.165) is 25.7 Å². The molecule has 2 N–H and O–H groups in total. The van der Waals surface area contributed by atoms with Gasteiger partial charge in [-0.15, -0.1) is 0 Å². The number of rotatable bonds is 9. The van der Waals surface area contributed by atoms with Crippen LogP contribution in [0.5, 0.6) is 5.75 Å². The molecular weight excluding hydrogens is 709 g/mol. The number of alkyl carbamates (subject to hydrolysis) is 1. The molecule has 2 amide bonds. The van der Waals surface area contributed by atoms with Gasteiger partial charge in [0.15, 0.2) is 6.04 Å². The summed E-state index contributed by atoms with van der Waals surface area (Å²) in [5.74, 6) is -4.87. The molecule has 3 aliphatic rings. The average Bonchev–Trinajstić information content (AvgIpc) is 3.66. The Morgan fingerprint density at radius 2 is 1.38 bits per heavy atom. The molecule has 9 nitrogen and oxygen atoms in total. The third kappa shape index (κ3) is 8.30. The third-order valence-corrected chi connectivity index (χ3v) is 11.3. The maximum atomic E-state index is 16.5. The molecule has 3 aromatic carbocycles. The SMILES string of the molecule is CC(C)(C)OC(=O)NC1CC2CCC(C1)N2C(=O)C(NS(=O)(=O)c1ccc2cc(OC3CCCC3)ccc2c1)C(F)(F)c1ccc(C(F)(F)F)cc1. The van der Waals surface area contributed by atoms with Crippen LogP contribution in [0.4, 0.5) is 26.7 Å². The number of amides is 2. The quantitative estimate of drug-likeness (QED) is 0.217. The molecule has 15 heteroatoms. The molecule has 3 fully saturated rings. The highest BCUT2D eigenvalue weighted by Gasteiger charge is 2.54. The molecule has 52 heavy (non-hydrogen) atoms. The molecule has 0 aromatic heterocycles. The van der Waals surface area contributed by atoms with Gasteiger partial charge in [0.2, 0.25) is 15.9 Å². The fraction of sp³-hybridized carbons (Fsp3) is 0.514. The van der Waals surface area contributed by atoms with Crippen LogP contribution in [0, 0.1) is 0 Å². The topological polar surface area (TPSA) is 114 Å². The van der Waals surface area contributed by atoms with Crippen LogP contribution in [0.3, 0.4) is 0 Å². The second-order valence-electron chi connectivity index (χ2n) is 14.9. The monoisotopic (exact) mass is 751 g/mol. The Morgan fingerprint density at radius 3 is 1.98 bits per heavy atom. The van der Waals surface area contributed by atoms with E-state index in [2.05, 4.69) is 5.32 Å². The molecule has 2 heterocycles. The van der Waals surface area contributed by atoms with E-state index in [-0.39, 0.29) is 23.8 Å². The molecule has 0 radical (unpaired) electrons. The summed E-state index contributed by atoms with van der Waals surface area (Å²) in [5.41, 5.74) is -2.91. The van der Waals surface area contributed by atoms with Crippen LogP contribution in [0.15, 0.2) is 65.6 Å². The molecule has 1 saturated carbocycles. The molecule has 3 atom stereocenters. The van der Waals surface area contributed by atoms with Crippen LogP contribution in [0.25, 0.3) is 10.8 Å². The standard InChI is InChI=1S/C37H42F5N3O6S/c1-35(2,3)51-34(47)43-26-20-27-14-15-28(21-26)45(27)33(46)32(36(38,39)24-10-12-25(13-11-24)37(40,41)42)44-52(48,49)31-17-9-22-18-30(16-8-23(22)19-31)50-29-6-4-5-7-29/h8-13,16-19,26-29,32,44H,4-7,14-15,20-21H2,1-3H3,(H,43,47). The fourth-order valence-corrected chi connectivity index (χ4v) is 8.69. The maximum absolute atomic E-state index is 16.5. The number of hydrogen-bond acceptors (Lipinski definition) is 6. The van der Waals surface area contributed by atoms with Crippen LogP contribution in [-0.4, -0.2) is 61.2 Å². The number of carbonyl (C=O) groups excluding carboxylic acids is 2. The molecule has 282 valence electrons. The van der Waals surface area contributed by atoms with Crippen LogP contribution in [0.2, 0.25) is 0 Å². The zero-order valence-electron chi connectivity index (χ0n) is 29.0. The van der Waals surface area contributed by atoms with Crippen molar-refractivity contribution >= 4 is 32.8 Å². The highest BCUT2D eigenvalue weighted by atomic mass is 32.2. The van der Waals surface area contributed by atoms with Crippen molar-refractivity contribution in [3.63, 3.8) is 0 Å². The van der Waals surface area contributed by atoms with E-state index in [9.17, 15) is 31.2 Å². The molecule has 2 bridgehead atoms. The summed E-state index contributed by atoms with van der Waals surface area (Å²) in [4.78, 5) is 27.5. The minimum atomic E-state index is -4.81. The number of fused-ring (bicyclic) bond motifs is 3. The third-order valence-electron chi connectivity index (χ3n) is 9.89. The maximum Gasteiger partial charge on any atom is 0.416 e. The van der Waals surface area contributed by atoms with Crippen molar-refractivity contribution in [2.75, 3.05) is 0 Å². The van der Waals surface area contributed by atoms with Crippen molar-refractivity contribution in [1.82, 2.24) is 14.9 Å². The number of hydrogen-bond donors (Lipinski definition) is 2. The summed E-state index contributed by atoms with van der Waals surface area (Å²) < 4.78 is 114. The Kier molecular flexibility index (Phi) is 10.2. The van der Waals surface area contributed by atoms with Gasteiger partial charge in [-0.05, 0) is 119 Å². The van der Waals surface area contributed by atoms with Crippen LogP contribution < -0.4 is 14.8 Å². The number of nitrogens with one attached hydrogen (secondary N) is 2. The first kappa shape index (κ1) is 37.8. The molecule has 2 saturated heterocycles. The van der Waals surface area contributed by atoms with Gasteiger partial charge in [-0.1, -0.05) is 24.3 Å². The number of benzene rings is 3. The number of halogens is 5. The van der Waals surface area contributed by atoms with Crippen LogP contribution >= 0.6 is 0 Å². The van der Waals surface area contributed by atoms with E-state index < -0.39 is 75.0 Å². The Hall–Kier alpha value is -3.98. The summed E-state index contributed by atoms with van der Waals surface area (Å²) in [6, 6.07) is 6.84. The molecule has 3 unspecified atom stereocenters. The van der Waals surface area contributed by atoms with Gasteiger partial charge in [0.1, 0.15) is 11.4 Å². The highest BCUT2D eigenvalue weighted by Crippen LogP contribution is 2.41. The van der Waals surface area contributed by atoms with Crippen molar-refractivity contribution in [1.29, 1.82) is 0 Å². The molecular formula is C37H42F5N3O6S. The predicted molar refractivity (Wildman–Crippen MR) is 182 cm³/mol. The number of ether oxygens (including phenoxy) is 2. The predicted octanol–water partition coefficient (Wildman–Crippen LogP) is 7.67. The summed E-state index contributed by atoms with van der Waals surface area (Å²) in [7, 11) is -4.81. The van der Waals surface area contributed by atoms with Gasteiger partial charge < -0.3 is 19.7 Å². The van der Waals surface area contributed by atoms with Crippen LogP contribution in [-0.2, 0) is 31.7 Å². The first-order valence-electron chi connectivity index (χ1n) is 17.4. The Labute approximate surface area is 299 Å². The van der Waals surface area contributed by atoms with Gasteiger partial charge in [0, 0.05) is 23.7 Å². The van der Waals surface area contributed by atoms with E-state index in [1.165, 1.54) is 23.1 Å². The number of sulfonamides is 1. The van der Waals surface area contributed by atoms with Gasteiger partial charge in [0.25, 0.3) is 5.92 Å². The van der Waals surface area contributed by atoms with Crippen molar-refractivity contribution in [2.24, 2.45) is 0 Å². The minimum Gasteiger partial charge on any atom is -0.490 e. The van der Waals surface area contributed by atoms with Gasteiger partial charge >= 0.3 is 12.3 Å². The van der Waals surface area contributed by atoms with Crippen LogP contribution in [0.1, 0.15) is 83.3 Å². The lowest BCUT2D eigenvalue weighted by Crippen LogP contribution is -2.61. The van der Waals surface area contributed by atoms with E-state index >= 15 is 8.78 Å². The highest BCUT2D eigenvalue weighted by molar-refractivity contribution is 7.89. The van der Waals surface area contributed by atoms with E-state index in [1.807, 2.05) is 4.72 Å². The summed E-state index contributed by atoms with van der Waals surface area (Å²) >= 11 is 0. The molecule has 6 rings (SSSR count). The molecule has 2 aliphatic heterocycles. The molecule has 0 spiro atoms. The van der Waals surface area contributed by atoms with Crippen molar-refractivity contribution < 1.29 is 49.4 Å². The largest absolute Gasteiger partial charge is 0.490 e.